The molecule has 0 unspecified atom stereocenters. The second kappa shape index (κ2) is 18.6. The van der Waals surface area contributed by atoms with Crippen molar-refractivity contribution in [2.45, 2.75) is 0 Å². The maximum absolute atomic E-state index is 2.64. The Morgan fingerprint density at radius 3 is 1.06 bits per heavy atom. The van der Waals surface area contributed by atoms with Crippen molar-refractivity contribution in [1.29, 1.82) is 0 Å². The van der Waals surface area contributed by atoms with Crippen molar-refractivity contribution in [3.8, 4) is 16.8 Å². The lowest BCUT2D eigenvalue weighted by Gasteiger charge is -2.34. The highest BCUT2D eigenvalue weighted by Gasteiger charge is 2.41. The Morgan fingerprint density at radius 2 is 0.571 bits per heavy atom. The van der Waals surface area contributed by atoms with Gasteiger partial charge in [-0.15, -0.1) is 0 Å². The number of hydrogen-bond donors (Lipinski definition) is 0. The molecule has 332 valence electrons. The molecule has 70 heavy (non-hydrogen) atoms. The van der Waals surface area contributed by atoms with Crippen molar-refractivity contribution in [1.82, 2.24) is 4.57 Å². The molecule has 0 saturated carbocycles. The predicted molar refractivity (Wildman–Crippen MR) is 299 cm³/mol. The molecule has 11 aromatic carbocycles. The Hall–Kier alpha value is -8.96. The minimum atomic E-state index is -2.64. The summed E-state index contributed by atoms with van der Waals surface area (Å²) in [7, 11) is -2.64. The van der Waals surface area contributed by atoms with Gasteiger partial charge in [-0.2, -0.15) is 0 Å². The Balaban J connectivity index is 0.961. The highest BCUT2D eigenvalue weighted by molar-refractivity contribution is 7.19. The van der Waals surface area contributed by atoms with Crippen molar-refractivity contribution in [3.05, 3.63) is 297 Å². The molecule has 0 N–H and O–H groups in total. The van der Waals surface area contributed by atoms with E-state index in [9.17, 15) is 0 Å². The van der Waals surface area contributed by atoms with E-state index in [0.29, 0.717) is 0 Å². The normalized spacial score (nSPS) is 11.4. The van der Waals surface area contributed by atoms with Crippen LogP contribution in [0.1, 0.15) is 0 Å². The summed E-state index contributed by atoms with van der Waals surface area (Å²) in [6.07, 6.45) is 0. The van der Waals surface area contributed by atoms with Crippen molar-refractivity contribution in [2.24, 2.45) is 0 Å². The summed E-state index contributed by atoms with van der Waals surface area (Å²) in [5, 5.41) is 7.89. The molecule has 0 aliphatic carbocycles. The predicted octanol–water partition coefficient (Wildman–Crippen LogP) is 14.8. The number of para-hydroxylation sites is 4. The summed E-state index contributed by atoms with van der Waals surface area (Å²) < 4.78 is 2.38. The van der Waals surface area contributed by atoms with E-state index in [1.807, 2.05) is 0 Å². The van der Waals surface area contributed by atoms with Crippen molar-refractivity contribution >= 4 is 84.8 Å². The number of hydrogen-bond acceptors (Lipinski definition) is 2. The number of benzene rings is 11. The van der Waals surface area contributed by atoms with Crippen LogP contribution in [0.2, 0.25) is 0 Å². The van der Waals surface area contributed by atoms with Crippen LogP contribution in [0.15, 0.2) is 297 Å². The number of fused-ring (bicyclic) bond motifs is 3. The van der Waals surface area contributed by atoms with E-state index in [-0.39, 0.29) is 0 Å². The van der Waals surface area contributed by atoms with Crippen LogP contribution in [0.3, 0.4) is 0 Å². The van der Waals surface area contributed by atoms with Gasteiger partial charge in [-0.25, -0.2) is 0 Å². The molecular weight excluding hydrogens is 863 g/mol. The molecule has 0 spiro atoms. The monoisotopic (exact) mass is 911 g/mol. The van der Waals surface area contributed by atoms with Gasteiger partial charge in [-0.05, 0) is 129 Å². The standard InChI is InChI=1S/C66H49N3Si/c1-7-21-52(22-8-1)67(53-23-9-2-10-24-53)56-41-43-57(44-42-56)68(58-45-48-66-64(49-58)63-33-19-20-34-65(63)69(66)54-25-11-3-12-26-54)55-39-35-50(36-40-55)51-37-46-62(47-38-51)70(59-27-13-4-14-28-59,60-29-15-5-16-30-60)61-31-17-6-18-32-61/h1-49H. The van der Waals surface area contributed by atoms with E-state index in [0.717, 1.165) is 39.8 Å². The number of nitrogens with zero attached hydrogens (tertiary/aromatic N) is 3. The third-order valence-electron chi connectivity index (χ3n) is 13.7. The number of anilines is 6. The number of rotatable bonds is 12. The van der Waals surface area contributed by atoms with Crippen LogP contribution >= 0.6 is 0 Å². The van der Waals surface area contributed by atoms with Gasteiger partial charge < -0.3 is 14.4 Å². The summed E-state index contributed by atoms with van der Waals surface area (Å²) in [6, 6.07) is 108. The summed E-state index contributed by atoms with van der Waals surface area (Å²) >= 11 is 0. The Kier molecular flexibility index (Phi) is 11.3. The van der Waals surface area contributed by atoms with Gasteiger partial charge in [0.05, 0.1) is 11.0 Å². The van der Waals surface area contributed by atoms with Crippen molar-refractivity contribution in [3.63, 3.8) is 0 Å². The largest absolute Gasteiger partial charge is 0.311 e. The third-order valence-corrected chi connectivity index (χ3v) is 18.5. The van der Waals surface area contributed by atoms with Gasteiger partial charge in [0.25, 0.3) is 0 Å². The average Bonchev–Trinajstić information content (AvgIpc) is 3.78. The first kappa shape index (κ1) is 42.4. The van der Waals surface area contributed by atoms with Gasteiger partial charge in [-0.3, -0.25) is 0 Å². The zero-order valence-corrected chi connectivity index (χ0v) is 39.6. The molecular formula is C66H49N3Si. The molecule has 1 aromatic heterocycles. The van der Waals surface area contributed by atoms with E-state index in [2.05, 4.69) is 312 Å². The number of aromatic nitrogens is 1. The molecule has 0 aliphatic heterocycles. The lowest BCUT2D eigenvalue weighted by Crippen LogP contribution is -2.74. The minimum absolute atomic E-state index is 1.07. The van der Waals surface area contributed by atoms with Gasteiger partial charge in [0, 0.05) is 50.6 Å². The van der Waals surface area contributed by atoms with E-state index in [4.69, 9.17) is 0 Å². The van der Waals surface area contributed by atoms with Crippen LogP contribution in [0.4, 0.5) is 34.1 Å². The molecule has 0 amide bonds. The lowest BCUT2D eigenvalue weighted by atomic mass is 10.0. The van der Waals surface area contributed by atoms with Crippen LogP contribution in [0.5, 0.6) is 0 Å². The molecule has 0 bridgehead atoms. The zero-order valence-electron chi connectivity index (χ0n) is 38.6. The van der Waals surface area contributed by atoms with E-state index >= 15 is 0 Å². The van der Waals surface area contributed by atoms with Crippen LogP contribution in [0, 0.1) is 0 Å². The molecule has 0 saturated heterocycles. The first-order chi connectivity index (χ1) is 34.7. The van der Waals surface area contributed by atoms with Crippen LogP contribution < -0.4 is 30.5 Å². The average molecular weight is 912 g/mol. The van der Waals surface area contributed by atoms with Gasteiger partial charge in [-0.1, -0.05) is 200 Å². The summed E-state index contributed by atoms with van der Waals surface area (Å²) in [4.78, 5) is 4.70. The van der Waals surface area contributed by atoms with Gasteiger partial charge in [0.15, 0.2) is 8.07 Å². The smallest absolute Gasteiger partial charge is 0.179 e. The summed E-state index contributed by atoms with van der Waals surface area (Å²) in [5.74, 6) is 0. The van der Waals surface area contributed by atoms with Crippen LogP contribution in [-0.4, -0.2) is 12.6 Å². The molecule has 0 radical (unpaired) electrons. The van der Waals surface area contributed by atoms with Crippen LogP contribution in [-0.2, 0) is 0 Å². The zero-order chi connectivity index (χ0) is 46.7. The second-order valence-electron chi connectivity index (χ2n) is 17.7. The van der Waals surface area contributed by atoms with E-state index < -0.39 is 8.07 Å². The Bertz CT molecular complexity index is 3520. The molecule has 12 rings (SSSR count). The molecule has 1 heterocycles. The Labute approximate surface area is 411 Å². The highest BCUT2D eigenvalue weighted by atomic mass is 28.3. The van der Waals surface area contributed by atoms with E-state index in [1.165, 1.54) is 53.7 Å². The first-order valence-corrected chi connectivity index (χ1v) is 26.0. The topological polar surface area (TPSA) is 11.4 Å². The molecule has 0 aliphatic rings. The fraction of sp³-hybridized carbons (Fsp3) is 0. The molecule has 3 nitrogen and oxygen atoms in total. The molecule has 0 fully saturated rings. The van der Waals surface area contributed by atoms with Gasteiger partial charge in [0.2, 0.25) is 0 Å². The minimum Gasteiger partial charge on any atom is -0.311 e. The molecule has 12 aromatic rings. The SMILES string of the molecule is c1ccc(N(c2ccccc2)c2ccc(N(c3ccc(-c4ccc([Si](c5ccccc5)(c5ccccc5)c5ccccc5)cc4)cc3)c3ccc4c(c3)c3ccccc3n4-c3ccccc3)cc2)cc1. The van der Waals surface area contributed by atoms with Crippen molar-refractivity contribution < 1.29 is 0 Å². The lowest BCUT2D eigenvalue weighted by molar-refractivity contribution is 1.18. The first-order valence-electron chi connectivity index (χ1n) is 24.0. The quantitative estimate of drug-likeness (QED) is 0.0894. The maximum atomic E-state index is 2.39. The molecule has 4 heteroatoms. The summed E-state index contributed by atoms with van der Waals surface area (Å²) in [6.45, 7) is 0. The Morgan fingerprint density at radius 1 is 0.243 bits per heavy atom. The third kappa shape index (κ3) is 7.67. The second-order valence-corrected chi connectivity index (χ2v) is 21.5. The fourth-order valence-corrected chi connectivity index (χ4v) is 15.3. The van der Waals surface area contributed by atoms with Gasteiger partial charge >= 0.3 is 0 Å². The maximum Gasteiger partial charge on any atom is 0.179 e. The fourth-order valence-electron chi connectivity index (χ4n) is 10.5. The van der Waals surface area contributed by atoms with Crippen molar-refractivity contribution in [2.75, 3.05) is 9.80 Å². The summed E-state index contributed by atoms with van der Waals surface area (Å²) in [5.41, 5.74) is 12.4. The van der Waals surface area contributed by atoms with Crippen LogP contribution in [0.25, 0.3) is 38.6 Å². The molecule has 0 atom stereocenters. The van der Waals surface area contributed by atoms with Gasteiger partial charge in [0.1, 0.15) is 0 Å². The highest BCUT2D eigenvalue weighted by Crippen LogP contribution is 2.42. The van der Waals surface area contributed by atoms with E-state index in [1.54, 1.807) is 0 Å².